The summed E-state index contributed by atoms with van der Waals surface area (Å²) in [4.78, 5) is 12.4. The first-order chi connectivity index (χ1) is 9.49. The largest absolute Gasteiger partial charge is 0.479 e. The van der Waals surface area contributed by atoms with Gasteiger partial charge in [-0.3, -0.25) is 4.79 Å². The van der Waals surface area contributed by atoms with E-state index in [1.165, 1.54) is 12.1 Å². The summed E-state index contributed by atoms with van der Waals surface area (Å²) < 4.78 is 19.0. The van der Waals surface area contributed by atoms with Crippen LogP contribution in [0.1, 0.15) is 28.4 Å². The molecule has 104 valence electrons. The van der Waals surface area contributed by atoms with Gasteiger partial charge in [-0.1, -0.05) is 29.8 Å². The number of rotatable bonds is 4. The molecule has 20 heavy (non-hydrogen) atoms. The minimum absolute atomic E-state index is 0.0960. The van der Waals surface area contributed by atoms with Crippen molar-refractivity contribution in [2.45, 2.75) is 26.9 Å². The fourth-order valence-corrected chi connectivity index (χ4v) is 2.00. The van der Waals surface area contributed by atoms with Crippen LogP contribution in [-0.4, -0.2) is 11.9 Å². The first-order valence-corrected chi connectivity index (χ1v) is 6.51. The van der Waals surface area contributed by atoms with Gasteiger partial charge in [-0.2, -0.15) is 0 Å². The smallest absolute Gasteiger partial charge is 0.203 e. The van der Waals surface area contributed by atoms with Crippen LogP contribution in [0.4, 0.5) is 4.39 Å². The van der Waals surface area contributed by atoms with Crippen LogP contribution < -0.4 is 4.74 Å². The molecular formula is C17H17FO2. The van der Waals surface area contributed by atoms with Gasteiger partial charge in [0.2, 0.25) is 5.78 Å². The molecule has 0 spiro atoms. The van der Waals surface area contributed by atoms with Crippen molar-refractivity contribution >= 4 is 5.78 Å². The van der Waals surface area contributed by atoms with Crippen LogP contribution in [0.3, 0.4) is 0 Å². The average molecular weight is 272 g/mol. The lowest BCUT2D eigenvalue weighted by Gasteiger charge is -2.15. The Kier molecular flexibility index (Phi) is 4.18. The second-order valence-electron chi connectivity index (χ2n) is 4.87. The molecule has 0 amide bonds. The fourth-order valence-electron chi connectivity index (χ4n) is 2.00. The number of hydrogen-bond acceptors (Lipinski definition) is 2. The van der Waals surface area contributed by atoms with Crippen molar-refractivity contribution in [1.82, 2.24) is 0 Å². The zero-order valence-corrected chi connectivity index (χ0v) is 11.8. The predicted octanol–water partition coefficient (Wildman–Crippen LogP) is 4.09. The molecule has 0 fully saturated rings. The van der Waals surface area contributed by atoms with Gasteiger partial charge in [0.15, 0.2) is 17.7 Å². The standard InChI is InChI=1S/C17H17FO2/c1-11-8-9-12(2)14(10-11)17(19)13(3)20-16-7-5-4-6-15(16)18/h4-10,13H,1-3H3. The second-order valence-corrected chi connectivity index (χ2v) is 4.87. The van der Waals surface area contributed by atoms with Gasteiger partial charge < -0.3 is 4.74 Å². The third-order valence-electron chi connectivity index (χ3n) is 3.17. The number of benzene rings is 2. The van der Waals surface area contributed by atoms with Crippen molar-refractivity contribution in [3.8, 4) is 5.75 Å². The molecule has 3 heteroatoms. The Morgan fingerprint density at radius 3 is 2.55 bits per heavy atom. The van der Waals surface area contributed by atoms with E-state index in [0.29, 0.717) is 5.56 Å². The summed E-state index contributed by atoms with van der Waals surface area (Å²) >= 11 is 0. The number of halogens is 1. The minimum atomic E-state index is -0.729. The average Bonchev–Trinajstić information content (AvgIpc) is 2.43. The van der Waals surface area contributed by atoms with Crippen molar-refractivity contribution in [3.05, 3.63) is 65.0 Å². The minimum Gasteiger partial charge on any atom is -0.479 e. The highest BCUT2D eigenvalue weighted by Gasteiger charge is 2.20. The van der Waals surface area contributed by atoms with E-state index >= 15 is 0 Å². The van der Waals surface area contributed by atoms with Crippen molar-refractivity contribution in [2.24, 2.45) is 0 Å². The van der Waals surface area contributed by atoms with Crippen LogP contribution in [0, 0.1) is 19.7 Å². The summed E-state index contributed by atoms with van der Waals surface area (Å²) in [7, 11) is 0. The van der Waals surface area contributed by atoms with Gasteiger partial charge in [0, 0.05) is 5.56 Å². The Balaban J connectivity index is 2.21. The van der Waals surface area contributed by atoms with Crippen LogP contribution in [-0.2, 0) is 0 Å². The first-order valence-electron chi connectivity index (χ1n) is 6.51. The van der Waals surface area contributed by atoms with Gasteiger partial charge in [-0.15, -0.1) is 0 Å². The van der Waals surface area contributed by atoms with Crippen LogP contribution in [0.5, 0.6) is 5.75 Å². The van der Waals surface area contributed by atoms with E-state index in [1.807, 2.05) is 32.0 Å². The molecular weight excluding hydrogens is 255 g/mol. The van der Waals surface area contributed by atoms with Gasteiger partial charge in [0.1, 0.15) is 0 Å². The highest BCUT2D eigenvalue weighted by Crippen LogP contribution is 2.20. The fraction of sp³-hybridized carbons (Fsp3) is 0.235. The maximum absolute atomic E-state index is 13.5. The Morgan fingerprint density at radius 2 is 1.85 bits per heavy atom. The Bertz CT molecular complexity index is 635. The SMILES string of the molecule is Cc1ccc(C)c(C(=O)C(C)Oc2ccccc2F)c1. The number of ketones is 1. The lowest BCUT2D eigenvalue weighted by molar-refractivity contribution is 0.0811. The maximum atomic E-state index is 13.5. The van der Waals surface area contributed by atoms with Gasteiger partial charge in [-0.25, -0.2) is 4.39 Å². The van der Waals surface area contributed by atoms with E-state index in [0.717, 1.165) is 11.1 Å². The van der Waals surface area contributed by atoms with Gasteiger partial charge in [0.25, 0.3) is 0 Å². The number of carbonyl (C=O) groups is 1. The van der Waals surface area contributed by atoms with E-state index in [9.17, 15) is 9.18 Å². The van der Waals surface area contributed by atoms with E-state index in [1.54, 1.807) is 19.1 Å². The second kappa shape index (κ2) is 5.87. The molecule has 0 aliphatic rings. The summed E-state index contributed by atoms with van der Waals surface area (Å²) in [5, 5.41) is 0. The molecule has 0 saturated carbocycles. The Labute approximate surface area is 118 Å². The first kappa shape index (κ1) is 14.3. The summed E-state index contributed by atoms with van der Waals surface area (Å²) in [6.45, 7) is 5.44. The molecule has 0 aliphatic heterocycles. The molecule has 0 radical (unpaired) electrons. The molecule has 0 saturated heterocycles. The number of hydrogen-bond donors (Lipinski definition) is 0. The molecule has 0 aromatic heterocycles. The summed E-state index contributed by atoms with van der Waals surface area (Å²) in [5.74, 6) is -0.513. The van der Waals surface area contributed by atoms with Crippen LogP contribution in [0.25, 0.3) is 0 Å². The van der Waals surface area contributed by atoms with Gasteiger partial charge in [-0.05, 0) is 44.5 Å². The van der Waals surface area contributed by atoms with Gasteiger partial charge >= 0.3 is 0 Å². The number of Topliss-reactive ketones (excluding diaryl/α,β-unsaturated/α-hetero) is 1. The van der Waals surface area contributed by atoms with Crippen molar-refractivity contribution in [2.75, 3.05) is 0 Å². The molecule has 2 rings (SSSR count). The van der Waals surface area contributed by atoms with E-state index in [-0.39, 0.29) is 11.5 Å². The normalized spacial score (nSPS) is 12.0. The molecule has 0 heterocycles. The molecule has 1 unspecified atom stereocenters. The van der Waals surface area contributed by atoms with Crippen molar-refractivity contribution < 1.29 is 13.9 Å². The van der Waals surface area contributed by atoms with Crippen LogP contribution in [0.15, 0.2) is 42.5 Å². The number of para-hydroxylation sites is 1. The van der Waals surface area contributed by atoms with E-state index in [2.05, 4.69) is 0 Å². The number of carbonyl (C=O) groups excluding carboxylic acids is 1. The van der Waals surface area contributed by atoms with E-state index in [4.69, 9.17) is 4.74 Å². The van der Waals surface area contributed by atoms with Gasteiger partial charge in [0.05, 0.1) is 0 Å². The van der Waals surface area contributed by atoms with Crippen molar-refractivity contribution in [3.63, 3.8) is 0 Å². The number of ether oxygens (including phenoxy) is 1. The highest BCUT2D eigenvalue weighted by atomic mass is 19.1. The molecule has 2 nitrogen and oxygen atoms in total. The summed E-state index contributed by atoms with van der Waals surface area (Å²) in [5.41, 5.74) is 2.52. The molecule has 0 N–H and O–H groups in total. The molecule has 1 atom stereocenters. The Morgan fingerprint density at radius 1 is 1.15 bits per heavy atom. The van der Waals surface area contributed by atoms with E-state index < -0.39 is 11.9 Å². The third-order valence-corrected chi connectivity index (χ3v) is 3.17. The molecule has 0 aliphatic carbocycles. The quantitative estimate of drug-likeness (QED) is 0.783. The molecule has 2 aromatic rings. The topological polar surface area (TPSA) is 26.3 Å². The zero-order valence-electron chi connectivity index (χ0n) is 11.8. The Hall–Kier alpha value is -2.16. The van der Waals surface area contributed by atoms with Crippen LogP contribution >= 0.6 is 0 Å². The lowest BCUT2D eigenvalue weighted by Crippen LogP contribution is -2.25. The van der Waals surface area contributed by atoms with Crippen molar-refractivity contribution in [1.29, 1.82) is 0 Å². The lowest BCUT2D eigenvalue weighted by atomic mass is 9.99. The molecule has 2 aromatic carbocycles. The highest BCUT2D eigenvalue weighted by molar-refractivity contribution is 6.00. The van der Waals surface area contributed by atoms with Crippen LogP contribution in [0.2, 0.25) is 0 Å². The third kappa shape index (κ3) is 3.05. The predicted molar refractivity (Wildman–Crippen MR) is 76.7 cm³/mol. The summed E-state index contributed by atoms with van der Waals surface area (Å²) in [6.07, 6.45) is -0.729. The zero-order chi connectivity index (χ0) is 14.7. The number of aryl methyl sites for hydroxylation is 2. The monoisotopic (exact) mass is 272 g/mol. The maximum Gasteiger partial charge on any atom is 0.203 e. The summed E-state index contributed by atoms with van der Waals surface area (Å²) in [6, 6.07) is 11.8. The molecule has 0 bridgehead atoms.